The number of aromatic hydroxyl groups is 1. The molecular weight excluding hydrogens is 329 g/mol. The van der Waals surface area contributed by atoms with Gasteiger partial charge in [-0.25, -0.2) is 0 Å². The van der Waals surface area contributed by atoms with Crippen molar-refractivity contribution < 1.29 is 28.0 Å². The number of hydrogen-bond acceptors (Lipinski definition) is 4. The van der Waals surface area contributed by atoms with E-state index in [-0.39, 0.29) is 5.56 Å². The predicted molar refractivity (Wildman–Crippen MR) is 78.9 cm³/mol. The van der Waals surface area contributed by atoms with Gasteiger partial charge in [-0.2, -0.15) is 13.2 Å². The Kier molecular flexibility index (Phi) is 4.45. The first-order valence-electron chi connectivity index (χ1n) is 6.56. The van der Waals surface area contributed by atoms with Crippen LogP contribution in [0.1, 0.15) is 21.5 Å². The highest BCUT2D eigenvalue weighted by Crippen LogP contribution is 2.35. The summed E-state index contributed by atoms with van der Waals surface area (Å²) >= 11 is 0. The Morgan fingerprint density at radius 2 is 1.88 bits per heavy atom. The van der Waals surface area contributed by atoms with E-state index in [0.717, 1.165) is 0 Å². The smallest absolute Gasteiger partial charge is 0.416 e. The van der Waals surface area contributed by atoms with E-state index in [1.165, 1.54) is 18.2 Å². The number of nitro benzene ring substituents is 1. The van der Waals surface area contributed by atoms with Gasteiger partial charge in [-0.1, -0.05) is 11.6 Å². The molecule has 1 amide bonds. The predicted octanol–water partition coefficient (Wildman–Crippen LogP) is 3.88. The molecule has 24 heavy (non-hydrogen) atoms. The van der Waals surface area contributed by atoms with Crippen LogP contribution in [-0.4, -0.2) is 15.9 Å². The normalized spacial score (nSPS) is 11.2. The molecule has 0 aromatic heterocycles. The fourth-order valence-corrected chi connectivity index (χ4v) is 1.99. The van der Waals surface area contributed by atoms with Crippen LogP contribution in [0.5, 0.6) is 5.75 Å². The van der Waals surface area contributed by atoms with Crippen molar-refractivity contribution in [1.82, 2.24) is 0 Å². The van der Waals surface area contributed by atoms with Crippen LogP contribution in [0.2, 0.25) is 0 Å². The lowest BCUT2D eigenvalue weighted by Gasteiger charge is -2.11. The lowest BCUT2D eigenvalue weighted by atomic mass is 10.1. The van der Waals surface area contributed by atoms with Crippen molar-refractivity contribution >= 4 is 17.3 Å². The number of phenols is 1. The van der Waals surface area contributed by atoms with Crippen LogP contribution in [0.4, 0.5) is 24.5 Å². The third-order valence-electron chi connectivity index (χ3n) is 3.17. The molecule has 0 radical (unpaired) electrons. The second-order valence-corrected chi connectivity index (χ2v) is 4.96. The number of benzene rings is 2. The highest BCUT2D eigenvalue weighted by Gasteiger charge is 2.32. The molecule has 0 saturated heterocycles. The van der Waals surface area contributed by atoms with E-state index in [0.29, 0.717) is 23.8 Å². The molecule has 0 fully saturated rings. The minimum Gasteiger partial charge on any atom is -0.507 e. The molecule has 9 heteroatoms. The summed E-state index contributed by atoms with van der Waals surface area (Å²) < 4.78 is 38.3. The van der Waals surface area contributed by atoms with Gasteiger partial charge in [0.2, 0.25) is 0 Å². The van der Waals surface area contributed by atoms with Gasteiger partial charge in [0.05, 0.1) is 16.1 Å². The summed E-state index contributed by atoms with van der Waals surface area (Å²) in [4.78, 5) is 22.2. The molecule has 2 rings (SSSR count). The average molecular weight is 340 g/mol. The van der Waals surface area contributed by atoms with E-state index in [1.54, 1.807) is 6.92 Å². The standard InChI is InChI=1S/C15H11F3N2O4/c1-8-2-5-13(21)10(6-8)14(22)19-11-7-9(15(16,17)18)3-4-12(11)20(23)24/h2-7,21H,1H3,(H,19,22). The van der Waals surface area contributed by atoms with Crippen LogP contribution in [0, 0.1) is 17.0 Å². The van der Waals surface area contributed by atoms with Gasteiger partial charge in [0, 0.05) is 6.07 Å². The number of halogens is 3. The number of hydrogen-bond donors (Lipinski definition) is 2. The Labute approximate surface area is 133 Å². The number of aryl methyl sites for hydroxylation is 1. The number of anilines is 1. The molecule has 0 aliphatic carbocycles. The summed E-state index contributed by atoms with van der Waals surface area (Å²) in [5.74, 6) is -1.36. The first-order chi connectivity index (χ1) is 11.1. The molecule has 0 aliphatic heterocycles. The van der Waals surface area contributed by atoms with E-state index >= 15 is 0 Å². The van der Waals surface area contributed by atoms with Crippen molar-refractivity contribution in [2.24, 2.45) is 0 Å². The Bertz CT molecular complexity index is 819. The van der Waals surface area contributed by atoms with Gasteiger partial charge in [-0.15, -0.1) is 0 Å². The number of nitrogens with one attached hydrogen (secondary N) is 1. The summed E-state index contributed by atoms with van der Waals surface area (Å²) in [5, 5.41) is 22.7. The van der Waals surface area contributed by atoms with Crippen LogP contribution in [0.25, 0.3) is 0 Å². The SMILES string of the molecule is Cc1ccc(O)c(C(=O)Nc2cc(C(F)(F)F)ccc2[N+](=O)[O-])c1. The zero-order chi connectivity index (χ0) is 18.1. The highest BCUT2D eigenvalue weighted by atomic mass is 19.4. The zero-order valence-electron chi connectivity index (χ0n) is 12.2. The highest BCUT2D eigenvalue weighted by molar-refractivity contribution is 6.07. The van der Waals surface area contributed by atoms with Gasteiger partial charge in [0.25, 0.3) is 11.6 Å². The van der Waals surface area contributed by atoms with Crippen molar-refractivity contribution in [1.29, 1.82) is 0 Å². The van der Waals surface area contributed by atoms with Gasteiger partial charge in [0.15, 0.2) is 0 Å². The quantitative estimate of drug-likeness (QED) is 0.655. The fourth-order valence-electron chi connectivity index (χ4n) is 1.99. The molecule has 0 spiro atoms. The maximum Gasteiger partial charge on any atom is 0.416 e. The minimum atomic E-state index is -4.72. The van der Waals surface area contributed by atoms with E-state index in [2.05, 4.69) is 0 Å². The number of rotatable bonds is 3. The van der Waals surface area contributed by atoms with Crippen LogP contribution in [0.15, 0.2) is 36.4 Å². The fraction of sp³-hybridized carbons (Fsp3) is 0.133. The molecule has 0 saturated carbocycles. The summed E-state index contributed by atoms with van der Waals surface area (Å²) in [5.41, 5.74) is -2.03. The number of alkyl halides is 3. The van der Waals surface area contributed by atoms with E-state index in [9.17, 15) is 33.2 Å². The molecular formula is C15H11F3N2O4. The van der Waals surface area contributed by atoms with Gasteiger partial charge < -0.3 is 10.4 Å². The van der Waals surface area contributed by atoms with Crippen LogP contribution < -0.4 is 5.32 Å². The second kappa shape index (κ2) is 6.19. The molecule has 6 nitrogen and oxygen atoms in total. The summed E-state index contributed by atoms with van der Waals surface area (Å²) in [7, 11) is 0. The maximum atomic E-state index is 12.8. The van der Waals surface area contributed by atoms with E-state index in [4.69, 9.17) is 0 Å². The monoisotopic (exact) mass is 340 g/mol. The van der Waals surface area contributed by atoms with Gasteiger partial charge in [0.1, 0.15) is 11.4 Å². The summed E-state index contributed by atoms with van der Waals surface area (Å²) in [6.07, 6.45) is -4.72. The largest absolute Gasteiger partial charge is 0.507 e. The van der Waals surface area contributed by atoms with Crippen molar-refractivity contribution in [3.63, 3.8) is 0 Å². The minimum absolute atomic E-state index is 0.207. The van der Waals surface area contributed by atoms with E-state index in [1.807, 2.05) is 5.32 Å². The summed E-state index contributed by atoms with van der Waals surface area (Å²) in [6, 6.07) is 5.77. The third kappa shape index (κ3) is 3.62. The topological polar surface area (TPSA) is 92.5 Å². The molecule has 126 valence electrons. The number of carbonyl (C=O) groups excluding carboxylic acids is 1. The Balaban J connectivity index is 2.45. The van der Waals surface area contributed by atoms with Crippen LogP contribution in [-0.2, 0) is 6.18 Å². The lowest BCUT2D eigenvalue weighted by molar-refractivity contribution is -0.384. The molecule has 0 unspecified atom stereocenters. The second-order valence-electron chi connectivity index (χ2n) is 4.96. The van der Waals surface area contributed by atoms with Crippen molar-refractivity contribution in [3.8, 4) is 5.75 Å². The van der Waals surface area contributed by atoms with Crippen LogP contribution in [0.3, 0.4) is 0 Å². The van der Waals surface area contributed by atoms with Crippen LogP contribution >= 0.6 is 0 Å². The molecule has 0 bridgehead atoms. The first-order valence-corrected chi connectivity index (χ1v) is 6.56. The maximum absolute atomic E-state index is 12.8. The lowest BCUT2D eigenvalue weighted by Crippen LogP contribution is -2.15. The number of carbonyl (C=O) groups is 1. The molecule has 2 aromatic carbocycles. The zero-order valence-corrected chi connectivity index (χ0v) is 12.2. The Morgan fingerprint density at radius 1 is 1.21 bits per heavy atom. The summed E-state index contributed by atoms with van der Waals surface area (Å²) in [6.45, 7) is 1.64. The third-order valence-corrected chi connectivity index (χ3v) is 3.17. The van der Waals surface area contributed by atoms with Gasteiger partial charge in [-0.3, -0.25) is 14.9 Å². The van der Waals surface area contributed by atoms with Gasteiger partial charge in [-0.05, 0) is 31.2 Å². The molecule has 0 atom stereocenters. The van der Waals surface area contributed by atoms with Crippen molar-refractivity contribution in [2.75, 3.05) is 5.32 Å². The molecule has 0 aliphatic rings. The molecule has 2 N–H and O–H groups in total. The Hall–Kier alpha value is -3.10. The van der Waals surface area contributed by atoms with Gasteiger partial charge >= 0.3 is 6.18 Å². The molecule has 0 heterocycles. The number of nitrogens with zero attached hydrogens (tertiary/aromatic N) is 1. The number of nitro groups is 1. The molecule has 2 aromatic rings. The Morgan fingerprint density at radius 3 is 2.46 bits per heavy atom. The first kappa shape index (κ1) is 17.3. The van der Waals surface area contributed by atoms with E-state index < -0.39 is 39.7 Å². The number of amides is 1. The van der Waals surface area contributed by atoms with Crippen molar-refractivity contribution in [2.45, 2.75) is 13.1 Å². The average Bonchev–Trinajstić information content (AvgIpc) is 2.48. The van der Waals surface area contributed by atoms with Crippen molar-refractivity contribution in [3.05, 3.63) is 63.2 Å². The number of phenolic OH excluding ortho intramolecular Hbond substituents is 1.